The van der Waals surface area contributed by atoms with E-state index in [1.165, 1.54) is 6.20 Å². The van der Waals surface area contributed by atoms with Crippen LogP contribution in [0.5, 0.6) is 0 Å². The van der Waals surface area contributed by atoms with Crippen LogP contribution in [-0.4, -0.2) is 12.6 Å². The lowest BCUT2D eigenvalue weighted by molar-refractivity contribution is 0.244. The van der Waals surface area contributed by atoms with Crippen LogP contribution in [0.2, 0.25) is 5.02 Å². The number of benzene rings is 1. The van der Waals surface area contributed by atoms with Gasteiger partial charge in [0.1, 0.15) is 0 Å². The van der Waals surface area contributed by atoms with Crippen LogP contribution in [0.3, 0.4) is 0 Å². The van der Waals surface area contributed by atoms with E-state index in [0.29, 0.717) is 11.6 Å². The Morgan fingerprint density at radius 1 is 1.53 bits per heavy atom. The summed E-state index contributed by atoms with van der Waals surface area (Å²) < 4.78 is 0. The van der Waals surface area contributed by atoms with Gasteiger partial charge in [0.2, 0.25) is 0 Å². The number of rotatable bonds is 4. The average Bonchev–Trinajstić information content (AvgIpc) is 2.18. The van der Waals surface area contributed by atoms with Crippen molar-refractivity contribution in [2.75, 3.05) is 6.54 Å². The second-order valence-electron chi connectivity index (χ2n) is 2.98. The Kier molecular flexibility index (Phi) is 4.71. The van der Waals surface area contributed by atoms with Gasteiger partial charge in [0, 0.05) is 11.6 Å². The van der Waals surface area contributed by atoms with Crippen molar-refractivity contribution in [3.63, 3.8) is 0 Å². The quantitative estimate of drug-likeness (QED) is 0.810. The molecule has 0 saturated heterocycles. The largest absolute Gasteiger partial charge is 0.338 e. The normalized spacial score (nSPS) is 9.40. The molecule has 1 aromatic carbocycles. The third-order valence-corrected chi connectivity index (χ3v) is 2.06. The zero-order valence-electron chi connectivity index (χ0n) is 8.29. The van der Waals surface area contributed by atoms with Gasteiger partial charge >= 0.3 is 6.03 Å². The number of carbonyl (C=O) groups is 1. The minimum absolute atomic E-state index is 0.243. The Balaban J connectivity index is 2.31. The van der Waals surface area contributed by atoms with Crippen LogP contribution in [0, 0.1) is 0 Å². The van der Waals surface area contributed by atoms with Crippen molar-refractivity contribution in [1.29, 1.82) is 0 Å². The molecule has 2 amide bonds. The molecule has 0 aliphatic rings. The molecule has 0 bridgehead atoms. The van der Waals surface area contributed by atoms with E-state index in [2.05, 4.69) is 17.2 Å². The molecule has 0 aliphatic heterocycles. The highest BCUT2D eigenvalue weighted by molar-refractivity contribution is 6.30. The molecule has 0 aliphatic carbocycles. The fourth-order valence-corrected chi connectivity index (χ4v) is 1.37. The summed E-state index contributed by atoms with van der Waals surface area (Å²) in [6.07, 6.45) is 2.10. The first-order chi connectivity index (χ1) is 7.22. The maximum atomic E-state index is 11.0. The summed E-state index contributed by atoms with van der Waals surface area (Å²) in [4.78, 5) is 11.0. The van der Waals surface area contributed by atoms with Crippen molar-refractivity contribution in [3.8, 4) is 0 Å². The summed E-state index contributed by atoms with van der Waals surface area (Å²) in [7, 11) is 0. The summed E-state index contributed by atoms with van der Waals surface area (Å²) in [5.74, 6) is 0. The van der Waals surface area contributed by atoms with Crippen LogP contribution in [0.25, 0.3) is 0 Å². The molecule has 1 aromatic rings. The van der Waals surface area contributed by atoms with Gasteiger partial charge < -0.3 is 10.6 Å². The zero-order valence-corrected chi connectivity index (χ0v) is 9.05. The molecule has 0 spiro atoms. The number of halogens is 1. The Morgan fingerprint density at radius 2 is 2.33 bits per heavy atom. The molecule has 1 rings (SSSR count). The van der Waals surface area contributed by atoms with E-state index in [9.17, 15) is 4.79 Å². The smallest absolute Gasteiger partial charge is 0.318 e. The highest BCUT2D eigenvalue weighted by atomic mass is 35.5. The molecule has 4 heteroatoms. The predicted molar refractivity (Wildman–Crippen MR) is 61.9 cm³/mol. The van der Waals surface area contributed by atoms with E-state index < -0.39 is 0 Å². The first-order valence-corrected chi connectivity index (χ1v) is 5.00. The van der Waals surface area contributed by atoms with Crippen LogP contribution < -0.4 is 10.6 Å². The highest BCUT2D eigenvalue weighted by Gasteiger charge is 1.97. The second-order valence-corrected chi connectivity index (χ2v) is 3.42. The fraction of sp³-hybridized carbons (Fsp3) is 0.182. The molecule has 80 valence electrons. The van der Waals surface area contributed by atoms with Gasteiger partial charge in [-0.25, -0.2) is 4.79 Å². The lowest BCUT2D eigenvalue weighted by Gasteiger charge is -2.04. The van der Waals surface area contributed by atoms with Gasteiger partial charge in [0.15, 0.2) is 0 Å². The summed E-state index contributed by atoms with van der Waals surface area (Å²) in [6.45, 7) is 3.96. The van der Waals surface area contributed by atoms with E-state index in [1.54, 1.807) is 0 Å². The zero-order chi connectivity index (χ0) is 11.1. The molecule has 15 heavy (non-hydrogen) atoms. The maximum absolute atomic E-state index is 11.0. The summed E-state index contributed by atoms with van der Waals surface area (Å²) in [5, 5.41) is 5.83. The number of nitrogens with one attached hydrogen (secondary N) is 2. The van der Waals surface area contributed by atoms with Crippen LogP contribution >= 0.6 is 11.6 Å². The number of hydrogen-bond donors (Lipinski definition) is 2. The lowest BCUT2D eigenvalue weighted by atomic mass is 10.1. The van der Waals surface area contributed by atoms with Gasteiger partial charge in [-0.15, -0.1) is 0 Å². The Hall–Kier alpha value is -1.48. The Morgan fingerprint density at radius 3 is 3.00 bits per heavy atom. The van der Waals surface area contributed by atoms with E-state index >= 15 is 0 Å². The molecular weight excluding hydrogens is 212 g/mol. The minimum atomic E-state index is -0.243. The molecule has 3 nitrogen and oxygen atoms in total. The second kappa shape index (κ2) is 6.09. The summed E-state index contributed by atoms with van der Waals surface area (Å²) >= 11 is 5.82. The number of carbonyl (C=O) groups excluding carboxylic acids is 1. The van der Waals surface area contributed by atoms with E-state index in [1.807, 2.05) is 24.3 Å². The van der Waals surface area contributed by atoms with Crippen LogP contribution in [0.1, 0.15) is 5.56 Å². The van der Waals surface area contributed by atoms with Crippen molar-refractivity contribution in [1.82, 2.24) is 10.6 Å². The third-order valence-electron chi connectivity index (χ3n) is 1.82. The molecule has 2 N–H and O–H groups in total. The van der Waals surface area contributed by atoms with Gasteiger partial charge in [-0.05, 0) is 30.3 Å². The Labute approximate surface area is 94.1 Å². The van der Waals surface area contributed by atoms with Crippen molar-refractivity contribution < 1.29 is 4.79 Å². The first kappa shape index (κ1) is 11.6. The third kappa shape index (κ3) is 4.51. The Bertz CT molecular complexity index is 352. The molecule has 0 fully saturated rings. The van der Waals surface area contributed by atoms with Crippen molar-refractivity contribution in [2.24, 2.45) is 0 Å². The van der Waals surface area contributed by atoms with Crippen molar-refractivity contribution in [3.05, 3.63) is 47.6 Å². The minimum Gasteiger partial charge on any atom is -0.338 e. The van der Waals surface area contributed by atoms with Crippen molar-refractivity contribution >= 4 is 17.6 Å². The molecule has 0 heterocycles. The topological polar surface area (TPSA) is 41.1 Å². The summed E-state index contributed by atoms with van der Waals surface area (Å²) in [6, 6.07) is 7.32. The van der Waals surface area contributed by atoms with Crippen molar-refractivity contribution in [2.45, 2.75) is 6.42 Å². The van der Waals surface area contributed by atoms with E-state index in [0.717, 1.165) is 12.0 Å². The molecule has 0 saturated carbocycles. The van der Waals surface area contributed by atoms with E-state index in [-0.39, 0.29) is 6.03 Å². The average molecular weight is 225 g/mol. The predicted octanol–water partition coefficient (Wildman–Crippen LogP) is 2.33. The standard InChI is InChI=1S/C11H13ClN2O/c1-2-13-11(15)14-7-6-9-4-3-5-10(12)8-9/h2-5,8H,1,6-7H2,(H2,13,14,15). The molecular formula is C11H13ClN2O. The maximum Gasteiger partial charge on any atom is 0.318 e. The number of amides is 2. The SMILES string of the molecule is C=CNC(=O)NCCc1cccc(Cl)c1. The highest BCUT2D eigenvalue weighted by Crippen LogP contribution is 2.10. The van der Waals surface area contributed by atoms with Gasteiger partial charge in [-0.3, -0.25) is 0 Å². The first-order valence-electron chi connectivity index (χ1n) is 4.62. The molecule has 0 radical (unpaired) electrons. The summed E-state index contributed by atoms with van der Waals surface area (Å²) in [5.41, 5.74) is 1.10. The fourth-order valence-electron chi connectivity index (χ4n) is 1.16. The number of urea groups is 1. The molecule has 0 atom stereocenters. The van der Waals surface area contributed by atoms with Gasteiger partial charge in [-0.1, -0.05) is 30.3 Å². The molecule has 0 unspecified atom stereocenters. The van der Waals surface area contributed by atoms with Gasteiger partial charge in [-0.2, -0.15) is 0 Å². The van der Waals surface area contributed by atoms with Crippen LogP contribution in [0.4, 0.5) is 4.79 Å². The molecule has 0 aromatic heterocycles. The van der Waals surface area contributed by atoms with Crippen LogP contribution in [0.15, 0.2) is 37.0 Å². The van der Waals surface area contributed by atoms with Gasteiger partial charge in [0.05, 0.1) is 0 Å². The van der Waals surface area contributed by atoms with E-state index in [4.69, 9.17) is 11.6 Å². The number of hydrogen-bond acceptors (Lipinski definition) is 1. The monoisotopic (exact) mass is 224 g/mol. The van der Waals surface area contributed by atoms with Gasteiger partial charge in [0.25, 0.3) is 0 Å². The lowest BCUT2D eigenvalue weighted by Crippen LogP contribution is -2.33. The van der Waals surface area contributed by atoms with Crippen LogP contribution in [-0.2, 0) is 6.42 Å².